The number of methoxy groups -OCH3 is 1. The highest BCUT2D eigenvalue weighted by atomic mass is 35.5. The van der Waals surface area contributed by atoms with E-state index in [1.165, 1.54) is 5.94 Å². The van der Waals surface area contributed by atoms with Crippen LogP contribution in [0.3, 0.4) is 0 Å². The molecule has 0 aromatic carbocycles. The van der Waals surface area contributed by atoms with Gasteiger partial charge in [0.1, 0.15) is 0 Å². The van der Waals surface area contributed by atoms with Crippen molar-refractivity contribution >= 4 is 34.5 Å². The van der Waals surface area contributed by atoms with Crippen molar-refractivity contribution in [1.82, 2.24) is 0 Å². The Bertz CT molecular complexity index is 332. The van der Waals surface area contributed by atoms with Crippen molar-refractivity contribution in [3.8, 4) is 0 Å². The van der Waals surface area contributed by atoms with Gasteiger partial charge in [-0.15, -0.1) is 0 Å². The molecule has 8 heteroatoms. The predicted molar refractivity (Wildman–Crippen MR) is 48.1 cm³/mol. The molecule has 82 valence electrons. The standard InChI is InChI=1S/C7H6ClNO6/c1-14-5(7(12)13)4(11)6(8)9-15-3-2-10/h3,5H,1H3,(H,12,13)/b9-6+/t5-/m1/s1. The van der Waals surface area contributed by atoms with Crippen LogP contribution < -0.4 is 0 Å². The van der Waals surface area contributed by atoms with E-state index in [4.69, 9.17) is 16.7 Å². The van der Waals surface area contributed by atoms with Gasteiger partial charge in [0.2, 0.25) is 23.3 Å². The molecule has 0 unspecified atom stereocenters. The highest BCUT2D eigenvalue weighted by molar-refractivity contribution is 6.84. The number of ether oxygens (including phenoxy) is 1. The van der Waals surface area contributed by atoms with Crippen LogP contribution in [0.2, 0.25) is 0 Å². The molecule has 0 rings (SSSR count). The number of hydrogen-bond donors (Lipinski definition) is 1. The first-order valence-corrected chi connectivity index (χ1v) is 3.80. The Morgan fingerprint density at radius 2 is 2.20 bits per heavy atom. The van der Waals surface area contributed by atoms with Crippen LogP contribution in [-0.4, -0.2) is 41.2 Å². The summed E-state index contributed by atoms with van der Waals surface area (Å²) >= 11 is 5.27. The average molecular weight is 236 g/mol. The van der Waals surface area contributed by atoms with Crippen molar-refractivity contribution in [2.45, 2.75) is 6.10 Å². The first-order chi connectivity index (χ1) is 7.04. The van der Waals surface area contributed by atoms with Crippen molar-refractivity contribution in [2.24, 2.45) is 5.16 Å². The highest BCUT2D eigenvalue weighted by Gasteiger charge is 2.29. The smallest absolute Gasteiger partial charge is 0.341 e. The van der Waals surface area contributed by atoms with E-state index >= 15 is 0 Å². The van der Waals surface area contributed by atoms with Gasteiger partial charge < -0.3 is 14.7 Å². The maximum Gasteiger partial charge on any atom is 0.341 e. The van der Waals surface area contributed by atoms with Gasteiger partial charge in [0.05, 0.1) is 0 Å². The zero-order chi connectivity index (χ0) is 11.8. The summed E-state index contributed by atoms with van der Waals surface area (Å²) in [6.45, 7) is 0. The Labute approximate surface area is 88.9 Å². The quantitative estimate of drug-likeness (QED) is 0.220. The van der Waals surface area contributed by atoms with Crippen LogP contribution in [0.25, 0.3) is 0 Å². The van der Waals surface area contributed by atoms with Gasteiger partial charge in [0.25, 0.3) is 0 Å². The molecular formula is C7H6ClNO6. The Balaban J connectivity index is 4.60. The van der Waals surface area contributed by atoms with Gasteiger partial charge in [0.15, 0.2) is 5.94 Å². The van der Waals surface area contributed by atoms with Crippen LogP contribution in [0.5, 0.6) is 0 Å². The second-order valence-corrected chi connectivity index (χ2v) is 2.40. The summed E-state index contributed by atoms with van der Waals surface area (Å²) in [5.74, 6) is -1.40. The lowest BCUT2D eigenvalue weighted by Gasteiger charge is -2.06. The summed E-state index contributed by atoms with van der Waals surface area (Å²) in [6, 6.07) is 0. The number of carbonyl (C=O) groups excluding carboxylic acids is 2. The van der Waals surface area contributed by atoms with E-state index in [0.29, 0.717) is 6.26 Å². The number of carbonyl (C=O) groups is 2. The fourth-order valence-electron chi connectivity index (χ4n) is 0.567. The summed E-state index contributed by atoms with van der Waals surface area (Å²) < 4.78 is 4.34. The average Bonchev–Trinajstić information content (AvgIpc) is 2.18. The molecule has 15 heavy (non-hydrogen) atoms. The van der Waals surface area contributed by atoms with Crippen molar-refractivity contribution in [1.29, 1.82) is 0 Å². The second-order valence-electron chi connectivity index (χ2n) is 2.04. The van der Waals surface area contributed by atoms with E-state index in [-0.39, 0.29) is 0 Å². The molecule has 0 aliphatic heterocycles. The summed E-state index contributed by atoms with van der Waals surface area (Å²) in [6.07, 6.45) is -1.26. The highest BCUT2D eigenvalue weighted by Crippen LogP contribution is 1.99. The maximum atomic E-state index is 11.1. The fourth-order valence-corrected chi connectivity index (χ4v) is 0.706. The van der Waals surface area contributed by atoms with Crippen molar-refractivity contribution in [2.75, 3.05) is 7.11 Å². The van der Waals surface area contributed by atoms with Crippen molar-refractivity contribution in [3.63, 3.8) is 0 Å². The lowest BCUT2D eigenvalue weighted by Crippen LogP contribution is -2.35. The molecule has 0 bridgehead atoms. The number of carboxylic acids is 1. The summed E-state index contributed by atoms with van der Waals surface area (Å²) in [4.78, 5) is 35.3. The predicted octanol–water partition coefficient (Wildman–Crippen LogP) is -0.431. The van der Waals surface area contributed by atoms with Crippen LogP contribution in [-0.2, 0) is 24.0 Å². The van der Waals surface area contributed by atoms with Gasteiger partial charge in [-0.25, -0.2) is 9.59 Å². The molecule has 0 aliphatic rings. The molecule has 0 radical (unpaired) electrons. The molecule has 0 saturated carbocycles. The molecule has 0 saturated heterocycles. The van der Waals surface area contributed by atoms with Crippen molar-refractivity contribution in [3.05, 3.63) is 6.26 Å². The molecule has 0 fully saturated rings. The minimum Gasteiger partial charge on any atom is -0.479 e. The Hall–Kier alpha value is -1.69. The van der Waals surface area contributed by atoms with Gasteiger partial charge in [-0.3, -0.25) is 4.79 Å². The molecule has 0 heterocycles. The Morgan fingerprint density at radius 3 is 2.60 bits per heavy atom. The third kappa shape index (κ3) is 4.37. The number of ketones is 1. The van der Waals surface area contributed by atoms with Crippen LogP contribution in [0.1, 0.15) is 0 Å². The number of halogens is 1. The number of Topliss-reactive ketones (excluding diaryl/α,β-unsaturated/α-hetero) is 1. The Morgan fingerprint density at radius 1 is 1.60 bits per heavy atom. The molecule has 7 nitrogen and oxygen atoms in total. The van der Waals surface area contributed by atoms with E-state index < -0.39 is 23.0 Å². The zero-order valence-corrected chi connectivity index (χ0v) is 8.22. The number of oxime groups is 1. The van der Waals surface area contributed by atoms with Crippen LogP contribution in [0.15, 0.2) is 11.4 Å². The Kier molecular flexibility index (Phi) is 5.96. The number of rotatable bonds is 6. The number of carboxylic acid groups (broad SMARTS) is 1. The molecule has 1 N–H and O–H groups in total. The van der Waals surface area contributed by atoms with Gasteiger partial charge in [-0.2, -0.15) is 0 Å². The lowest BCUT2D eigenvalue weighted by molar-refractivity contribution is -0.151. The van der Waals surface area contributed by atoms with E-state index in [2.05, 4.69) is 14.7 Å². The molecule has 1 atom stereocenters. The molecular weight excluding hydrogens is 230 g/mol. The fraction of sp³-hybridized carbons (Fsp3) is 0.286. The summed E-state index contributed by atoms with van der Waals surface area (Å²) in [5.41, 5.74) is 0. The first kappa shape index (κ1) is 13.3. The van der Waals surface area contributed by atoms with E-state index in [9.17, 15) is 14.4 Å². The van der Waals surface area contributed by atoms with Crippen LogP contribution in [0, 0.1) is 0 Å². The minimum absolute atomic E-state index is 0.498. The molecule has 0 aromatic heterocycles. The summed E-state index contributed by atoms with van der Waals surface area (Å²) in [5, 5.41) is 10.7. The van der Waals surface area contributed by atoms with Gasteiger partial charge in [0, 0.05) is 7.11 Å². The summed E-state index contributed by atoms with van der Waals surface area (Å²) in [7, 11) is 1.02. The number of aliphatic carboxylic acids is 1. The third-order valence-electron chi connectivity index (χ3n) is 1.14. The zero-order valence-electron chi connectivity index (χ0n) is 7.47. The monoisotopic (exact) mass is 235 g/mol. The molecule has 0 aliphatic carbocycles. The van der Waals surface area contributed by atoms with E-state index in [1.807, 2.05) is 0 Å². The van der Waals surface area contributed by atoms with Gasteiger partial charge in [-0.05, 0) is 0 Å². The normalized spacial score (nSPS) is 12.5. The minimum atomic E-state index is -1.76. The van der Waals surface area contributed by atoms with Crippen LogP contribution in [0.4, 0.5) is 0 Å². The lowest BCUT2D eigenvalue weighted by atomic mass is 10.2. The van der Waals surface area contributed by atoms with E-state index in [0.717, 1.165) is 7.11 Å². The topological polar surface area (TPSA) is 102 Å². The SMILES string of the molecule is CO[C@@H](C(=O)O)C(=O)/C(Cl)=N\OC=C=O. The van der Waals surface area contributed by atoms with Crippen LogP contribution >= 0.6 is 11.6 Å². The number of hydrogen-bond acceptors (Lipinski definition) is 6. The second kappa shape index (κ2) is 6.72. The maximum absolute atomic E-state index is 11.1. The molecule has 0 spiro atoms. The van der Waals surface area contributed by atoms with Gasteiger partial charge >= 0.3 is 5.97 Å². The van der Waals surface area contributed by atoms with Crippen molar-refractivity contribution < 1.29 is 29.1 Å². The largest absolute Gasteiger partial charge is 0.479 e. The third-order valence-corrected chi connectivity index (χ3v) is 1.39. The number of nitrogens with zero attached hydrogens (tertiary/aromatic N) is 1. The van der Waals surface area contributed by atoms with E-state index in [1.54, 1.807) is 0 Å². The molecule has 0 aromatic rings. The molecule has 0 amide bonds. The first-order valence-electron chi connectivity index (χ1n) is 3.43. The van der Waals surface area contributed by atoms with Gasteiger partial charge in [-0.1, -0.05) is 16.8 Å².